The normalized spacial score (nSPS) is 22.0. The number of unbranched alkanes of at least 4 members (excludes halogenated alkanes) is 1. The molecule has 2 aliphatic heterocycles. The molecule has 2 heterocycles. The van der Waals surface area contributed by atoms with Gasteiger partial charge in [-0.15, -0.1) is 0 Å². The van der Waals surface area contributed by atoms with Crippen molar-refractivity contribution < 1.29 is 9.59 Å². The van der Waals surface area contributed by atoms with Crippen LogP contribution in [0.25, 0.3) is 0 Å². The summed E-state index contributed by atoms with van der Waals surface area (Å²) in [7, 11) is 0. The van der Waals surface area contributed by atoms with E-state index >= 15 is 0 Å². The number of carbonyl (C=O) groups excluding carboxylic acids is 2. The van der Waals surface area contributed by atoms with Crippen LogP contribution in [0.1, 0.15) is 39.0 Å². The van der Waals surface area contributed by atoms with Crippen LogP contribution in [-0.2, 0) is 9.59 Å². The van der Waals surface area contributed by atoms with Gasteiger partial charge in [-0.1, -0.05) is 6.42 Å². The molecule has 0 aromatic rings. The van der Waals surface area contributed by atoms with Gasteiger partial charge in [0.1, 0.15) is 0 Å². The molecule has 0 radical (unpaired) electrons. The first-order valence-corrected chi connectivity index (χ1v) is 7.97. The number of hydrogen-bond acceptors (Lipinski definition) is 4. The molecule has 1 spiro atoms. The maximum Gasteiger partial charge on any atom is 0.239 e. The van der Waals surface area contributed by atoms with Crippen LogP contribution in [0.4, 0.5) is 0 Å². The van der Waals surface area contributed by atoms with E-state index in [4.69, 9.17) is 11.5 Å². The molecule has 2 amide bonds. The maximum absolute atomic E-state index is 12.3. The van der Waals surface area contributed by atoms with Crippen molar-refractivity contribution in [2.45, 2.75) is 45.1 Å². The summed E-state index contributed by atoms with van der Waals surface area (Å²) in [6.07, 6.45) is 4.52. The monoisotopic (exact) mass is 296 g/mol. The Hall–Kier alpha value is -1.14. The van der Waals surface area contributed by atoms with Crippen LogP contribution < -0.4 is 11.5 Å². The molecule has 6 heteroatoms. The average Bonchev–Trinajstić information content (AvgIpc) is 2.44. The predicted octanol–water partition coefficient (Wildman–Crippen LogP) is -0.0864. The predicted molar refractivity (Wildman–Crippen MR) is 81.4 cm³/mol. The van der Waals surface area contributed by atoms with Gasteiger partial charge >= 0.3 is 0 Å². The third-order valence-corrected chi connectivity index (χ3v) is 4.92. The summed E-state index contributed by atoms with van der Waals surface area (Å²) in [5.41, 5.74) is 11.7. The second kappa shape index (κ2) is 6.75. The average molecular weight is 296 g/mol. The van der Waals surface area contributed by atoms with E-state index < -0.39 is 0 Å². The third-order valence-electron chi connectivity index (χ3n) is 4.92. The van der Waals surface area contributed by atoms with Crippen LogP contribution in [0, 0.1) is 5.41 Å². The molecule has 0 aromatic heterocycles. The number of hydrogen-bond donors (Lipinski definition) is 2. The SMILES string of the molecule is CC(=O)N1CC2(CCN(C(=O)[C@H](N)CCCCN)CC2)C1. The topological polar surface area (TPSA) is 92.7 Å². The molecule has 120 valence electrons. The molecule has 2 saturated heterocycles. The molecule has 2 rings (SSSR count). The highest BCUT2D eigenvalue weighted by Gasteiger charge is 2.46. The van der Waals surface area contributed by atoms with Crippen LogP contribution in [0.2, 0.25) is 0 Å². The molecule has 2 aliphatic rings. The fraction of sp³-hybridized carbons (Fsp3) is 0.867. The molecule has 0 unspecified atom stereocenters. The Kier molecular flexibility index (Phi) is 5.22. The van der Waals surface area contributed by atoms with Crippen molar-refractivity contribution in [3.05, 3.63) is 0 Å². The number of carbonyl (C=O) groups is 2. The van der Waals surface area contributed by atoms with E-state index in [2.05, 4.69) is 0 Å². The Morgan fingerprint density at radius 2 is 1.76 bits per heavy atom. The smallest absolute Gasteiger partial charge is 0.239 e. The van der Waals surface area contributed by atoms with E-state index in [1.54, 1.807) is 6.92 Å². The number of nitrogens with zero attached hydrogens (tertiary/aromatic N) is 2. The van der Waals surface area contributed by atoms with Crippen LogP contribution in [0.5, 0.6) is 0 Å². The minimum absolute atomic E-state index is 0.0737. The molecule has 4 N–H and O–H groups in total. The van der Waals surface area contributed by atoms with E-state index in [9.17, 15) is 9.59 Å². The Bertz CT molecular complexity index is 383. The minimum atomic E-state index is -0.388. The molecule has 0 bridgehead atoms. The van der Waals surface area contributed by atoms with Crippen molar-refractivity contribution in [2.75, 3.05) is 32.7 Å². The van der Waals surface area contributed by atoms with Gasteiger partial charge in [-0.2, -0.15) is 0 Å². The zero-order valence-corrected chi connectivity index (χ0v) is 13.0. The summed E-state index contributed by atoms with van der Waals surface area (Å²) >= 11 is 0. The quantitative estimate of drug-likeness (QED) is 0.694. The second-order valence-electron chi connectivity index (χ2n) is 6.59. The lowest BCUT2D eigenvalue weighted by molar-refractivity contribution is -0.148. The molecule has 0 aliphatic carbocycles. The van der Waals surface area contributed by atoms with Crippen molar-refractivity contribution >= 4 is 11.8 Å². The summed E-state index contributed by atoms with van der Waals surface area (Å²) in [6.45, 7) is 5.52. The van der Waals surface area contributed by atoms with E-state index in [1.165, 1.54) is 0 Å². The summed E-state index contributed by atoms with van der Waals surface area (Å²) in [6, 6.07) is -0.388. The summed E-state index contributed by atoms with van der Waals surface area (Å²) < 4.78 is 0. The van der Waals surface area contributed by atoms with Crippen molar-refractivity contribution in [3.63, 3.8) is 0 Å². The molecule has 0 saturated carbocycles. The van der Waals surface area contributed by atoms with Crippen molar-refractivity contribution in [2.24, 2.45) is 16.9 Å². The molecule has 6 nitrogen and oxygen atoms in total. The number of rotatable bonds is 5. The summed E-state index contributed by atoms with van der Waals surface area (Å²) in [4.78, 5) is 27.3. The number of amides is 2. The first kappa shape index (κ1) is 16.2. The lowest BCUT2D eigenvalue weighted by Crippen LogP contribution is -2.62. The van der Waals surface area contributed by atoms with Crippen LogP contribution in [0.3, 0.4) is 0 Å². The van der Waals surface area contributed by atoms with Gasteiger partial charge in [-0.25, -0.2) is 0 Å². The lowest BCUT2D eigenvalue weighted by atomic mass is 9.72. The number of nitrogens with two attached hydrogens (primary N) is 2. The highest BCUT2D eigenvalue weighted by atomic mass is 16.2. The van der Waals surface area contributed by atoms with Crippen LogP contribution in [-0.4, -0.2) is 60.4 Å². The van der Waals surface area contributed by atoms with Crippen molar-refractivity contribution in [3.8, 4) is 0 Å². The van der Waals surface area contributed by atoms with Gasteiger partial charge in [0, 0.05) is 38.5 Å². The standard InChI is InChI=1S/C15H28N4O2/c1-12(20)19-10-15(11-19)5-8-18(9-6-15)14(21)13(17)4-2-3-7-16/h13H,2-11,16-17H2,1H3/t13-/m1/s1. The first-order chi connectivity index (χ1) is 9.97. The number of likely N-dealkylation sites (tertiary alicyclic amines) is 2. The van der Waals surface area contributed by atoms with Crippen LogP contribution in [0.15, 0.2) is 0 Å². The minimum Gasteiger partial charge on any atom is -0.342 e. The third kappa shape index (κ3) is 3.74. The van der Waals surface area contributed by atoms with Crippen molar-refractivity contribution in [1.29, 1.82) is 0 Å². The Labute approximate surface area is 126 Å². The van der Waals surface area contributed by atoms with Crippen molar-refractivity contribution in [1.82, 2.24) is 9.80 Å². The largest absolute Gasteiger partial charge is 0.342 e. The first-order valence-electron chi connectivity index (χ1n) is 7.97. The van der Waals surface area contributed by atoms with Gasteiger partial charge in [-0.05, 0) is 32.2 Å². The van der Waals surface area contributed by atoms with E-state index in [-0.39, 0.29) is 23.3 Å². The van der Waals surface area contributed by atoms with Gasteiger partial charge in [0.25, 0.3) is 0 Å². The highest BCUT2D eigenvalue weighted by Crippen LogP contribution is 2.40. The van der Waals surface area contributed by atoms with E-state index in [0.29, 0.717) is 6.54 Å². The fourth-order valence-corrected chi connectivity index (χ4v) is 3.37. The maximum atomic E-state index is 12.3. The summed E-state index contributed by atoms with van der Waals surface area (Å²) in [5, 5.41) is 0. The molecule has 0 aromatic carbocycles. The highest BCUT2D eigenvalue weighted by molar-refractivity contribution is 5.81. The second-order valence-corrected chi connectivity index (χ2v) is 6.59. The zero-order chi connectivity index (χ0) is 15.5. The molecule has 1 atom stereocenters. The van der Waals surface area contributed by atoms with Gasteiger partial charge in [0.05, 0.1) is 6.04 Å². The Balaban J connectivity index is 1.74. The number of piperidine rings is 1. The lowest BCUT2D eigenvalue weighted by Gasteiger charge is -2.53. The zero-order valence-electron chi connectivity index (χ0n) is 13.0. The molecule has 2 fully saturated rings. The van der Waals surface area contributed by atoms with Gasteiger partial charge in [0.2, 0.25) is 11.8 Å². The van der Waals surface area contributed by atoms with Gasteiger partial charge in [0.15, 0.2) is 0 Å². The van der Waals surface area contributed by atoms with Gasteiger partial charge < -0.3 is 21.3 Å². The van der Waals surface area contributed by atoms with Gasteiger partial charge in [-0.3, -0.25) is 9.59 Å². The molecular formula is C15H28N4O2. The molecule has 21 heavy (non-hydrogen) atoms. The Morgan fingerprint density at radius 1 is 1.14 bits per heavy atom. The summed E-state index contributed by atoms with van der Waals surface area (Å²) in [5.74, 6) is 0.227. The molecular weight excluding hydrogens is 268 g/mol. The van der Waals surface area contributed by atoms with E-state index in [0.717, 1.165) is 58.3 Å². The van der Waals surface area contributed by atoms with E-state index in [1.807, 2.05) is 9.80 Å². The fourth-order valence-electron chi connectivity index (χ4n) is 3.37. The Morgan fingerprint density at radius 3 is 2.29 bits per heavy atom. The van der Waals surface area contributed by atoms with Crippen LogP contribution >= 0.6 is 0 Å².